The standard InChI is InChI=1S/C20H25N3O/c1-15(2)16-8-10-17(11-9-16)22-20(24)18-7-6-12-21-19(18)23-13-4-3-5-14-23/h6-12,15H,3-5,13-14H2,1-2H3,(H,22,24). The molecule has 2 aromatic rings. The molecule has 3 rings (SSSR count). The highest BCUT2D eigenvalue weighted by Gasteiger charge is 2.19. The Morgan fingerprint density at radius 2 is 1.79 bits per heavy atom. The van der Waals surface area contributed by atoms with E-state index < -0.39 is 0 Å². The number of nitrogens with one attached hydrogen (secondary N) is 1. The molecular weight excluding hydrogens is 298 g/mol. The van der Waals surface area contributed by atoms with Crippen molar-refractivity contribution in [1.82, 2.24) is 4.98 Å². The second kappa shape index (κ2) is 7.47. The molecule has 1 aliphatic heterocycles. The molecule has 4 nitrogen and oxygen atoms in total. The Bertz CT molecular complexity index is 688. The smallest absolute Gasteiger partial charge is 0.259 e. The van der Waals surface area contributed by atoms with E-state index in [1.54, 1.807) is 6.20 Å². The maximum atomic E-state index is 12.7. The van der Waals surface area contributed by atoms with E-state index in [-0.39, 0.29) is 5.91 Å². The number of aromatic nitrogens is 1. The van der Waals surface area contributed by atoms with Crippen LogP contribution in [0.15, 0.2) is 42.6 Å². The van der Waals surface area contributed by atoms with E-state index in [1.165, 1.54) is 12.0 Å². The highest BCUT2D eigenvalue weighted by Crippen LogP contribution is 2.23. The first kappa shape index (κ1) is 16.5. The second-order valence-corrected chi connectivity index (χ2v) is 6.65. The van der Waals surface area contributed by atoms with Gasteiger partial charge in [-0.1, -0.05) is 26.0 Å². The van der Waals surface area contributed by atoms with Gasteiger partial charge in [-0.05, 0) is 55.0 Å². The molecule has 0 saturated carbocycles. The Morgan fingerprint density at radius 1 is 1.08 bits per heavy atom. The molecule has 1 saturated heterocycles. The van der Waals surface area contributed by atoms with Gasteiger partial charge < -0.3 is 10.2 Å². The van der Waals surface area contributed by atoms with Crippen molar-refractivity contribution < 1.29 is 4.79 Å². The topological polar surface area (TPSA) is 45.2 Å². The molecule has 0 unspecified atom stereocenters. The molecular formula is C20H25N3O. The van der Waals surface area contributed by atoms with E-state index in [4.69, 9.17) is 0 Å². The Balaban J connectivity index is 1.77. The lowest BCUT2D eigenvalue weighted by Crippen LogP contribution is -2.32. The predicted octanol–water partition coefficient (Wildman–Crippen LogP) is 4.45. The molecule has 0 radical (unpaired) electrons. The van der Waals surface area contributed by atoms with Crippen molar-refractivity contribution in [2.75, 3.05) is 23.3 Å². The van der Waals surface area contributed by atoms with Gasteiger partial charge in [0.2, 0.25) is 0 Å². The van der Waals surface area contributed by atoms with Crippen LogP contribution in [0.2, 0.25) is 0 Å². The van der Waals surface area contributed by atoms with Crippen LogP contribution in [0.1, 0.15) is 54.9 Å². The number of hydrogen-bond acceptors (Lipinski definition) is 3. The number of hydrogen-bond donors (Lipinski definition) is 1. The average Bonchev–Trinajstić information content (AvgIpc) is 2.63. The van der Waals surface area contributed by atoms with Crippen molar-refractivity contribution in [3.05, 3.63) is 53.7 Å². The van der Waals surface area contributed by atoms with Gasteiger partial charge in [-0.15, -0.1) is 0 Å². The molecule has 1 aliphatic rings. The minimum atomic E-state index is -0.0963. The minimum absolute atomic E-state index is 0.0963. The first-order chi connectivity index (χ1) is 11.6. The van der Waals surface area contributed by atoms with Crippen LogP contribution >= 0.6 is 0 Å². The Morgan fingerprint density at radius 3 is 2.46 bits per heavy atom. The molecule has 0 bridgehead atoms. The SMILES string of the molecule is CC(C)c1ccc(NC(=O)c2cccnc2N2CCCCC2)cc1. The van der Waals surface area contributed by atoms with E-state index >= 15 is 0 Å². The van der Waals surface area contributed by atoms with Crippen molar-refractivity contribution in [1.29, 1.82) is 0 Å². The van der Waals surface area contributed by atoms with Crippen LogP contribution < -0.4 is 10.2 Å². The summed E-state index contributed by atoms with van der Waals surface area (Å²) in [6.07, 6.45) is 5.34. The Hall–Kier alpha value is -2.36. The van der Waals surface area contributed by atoms with Crippen LogP contribution in [0, 0.1) is 0 Å². The monoisotopic (exact) mass is 323 g/mol. The zero-order chi connectivity index (χ0) is 16.9. The van der Waals surface area contributed by atoms with Gasteiger partial charge in [0.05, 0.1) is 5.56 Å². The van der Waals surface area contributed by atoms with Crippen molar-refractivity contribution in [2.45, 2.75) is 39.0 Å². The zero-order valence-electron chi connectivity index (χ0n) is 14.5. The molecule has 1 aromatic carbocycles. The third kappa shape index (κ3) is 3.75. The summed E-state index contributed by atoms with van der Waals surface area (Å²) in [5.74, 6) is 1.19. The zero-order valence-corrected chi connectivity index (χ0v) is 14.5. The fraction of sp³-hybridized carbons (Fsp3) is 0.400. The number of nitrogens with zero attached hydrogens (tertiary/aromatic N) is 2. The lowest BCUT2D eigenvalue weighted by molar-refractivity contribution is 0.102. The van der Waals surface area contributed by atoms with Crippen molar-refractivity contribution >= 4 is 17.4 Å². The molecule has 126 valence electrons. The largest absolute Gasteiger partial charge is 0.356 e. The first-order valence-corrected chi connectivity index (χ1v) is 8.76. The van der Waals surface area contributed by atoms with Crippen LogP contribution in [-0.4, -0.2) is 24.0 Å². The van der Waals surface area contributed by atoms with E-state index in [0.29, 0.717) is 11.5 Å². The molecule has 1 fully saturated rings. The number of rotatable bonds is 4. The summed E-state index contributed by atoms with van der Waals surface area (Å²) in [6.45, 7) is 6.27. The van der Waals surface area contributed by atoms with Crippen molar-refractivity contribution in [2.24, 2.45) is 0 Å². The quantitative estimate of drug-likeness (QED) is 0.904. The van der Waals surface area contributed by atoms with Crippen LogP contribution in [0.25, 0.3) is 0 Å². The molecule has 1 amide bonds. The summed E-state index contributed by atoms with van der Waals surface area (Å²) in [7, 11) is 0. The number of anilines is 2. The molecule has 4 heteroatoms. The summed E-state index contributed by atoms with van der Waals surface area (Å²) in [6, 6.07) is 11.7. The summed E-state index contributed by atoms with van der Waals surface area (Å²) in [5.41, 5.74) is 2.73. The van der Waals surface area contributed by atoms with Crippen LogP contribution in [0.3, 0.4) is 0 Å². The van der Waals surface area contributed by atoms with Gasteiger partial charge in [0.25, 0.3) is 5.91 Å². The maximum absolute atomic E-state index is 12.7. The van der Waals surface area contributed by atoms with Crippen LogP contribution in [0.4, 0.5) is 11.5 Å². The first-order valence-electron chi connectivity index (χ1n) is 8.76. The van der Waals surface area contributed by atoms with Gasteiger partial charge in [-0.3, -0.25) is 4.79 Å². The van der Waals surface area contributed by atoms with Crippen molar-refractivity contribution in [3.8, 4) is 0 Å². The lowest BCUT2D eigenvalue weighted by Gasteiger charge is -2.29. The number of amides is 1. The Labute approximate surface area is 143 Å². The molecule has 0 atom stereocenters. The summed E-state index contributed by atoms with van der Waals surface area (Å²) in [5, 5.41) is 3.00. The van der Waals surface area contributed by atoms with Gasteiger partial charge in [-0.2, -0.15) is 0 Å². The van der Waals surface area contributed by atoms with Gasteiger partial charge in [0.1, 0.15) is 5.82 Å². The number of benzene rings is 1. The minimum Gasteiger partial charge on any atom is -0.356 e. The molecule has 0 spiro atoms. The predicted molar refractivity (Wildman–Crippen MR) is 98.8 cm³/mol. The van der Waals surface area contributed by atoms with Gasteiger partial charge in [0, 0.05) is 25.0 Å². The second-order valence-electron chi connectivity index (χ2n) is 6.65. The molecule has 0 aliphatic carbocycles. The summed E-state index contributed by atoms with van der Waals surface area (Å²) in [4.78, 5) is 19.4. The fourth-order valence-corrected chi connectivity index (χ4v) is 3.08. The number of carbonyl (C=O) groups is 1. The molecule has 1 aromatic heterocycles. The highest BCUT2D eigenvalue weighted by atomic mass is 16.1. The molecule has 1 N–H and O–H groups in total. The van der Waals surface area contributed by atoms with E-state index in [2.05, 4.69) is 41.2 Å². The number of pyridine rings is 1. The third-order valence-corrected chi connectivity index (χ3v) is 4.52. The fourth-order valence-electron chi connectivity index (χ4n) is 3.08. The normalized spacial score (nSPS) is 14.7. The van der Waals surface area contributed by atoms with Crippen LogP contribution in [-0.2, 0) is 0 Å². The molecule has 2 heterocycles. The Kier molecular flexibility index (Phi) is 5.14. The lowest BCUT2D eigenvalue weighted by atomic mass is 10.0. The summed E-state index contributed by atoms with van der Waals surface area (Å²) < 4.78 is 0. The van der Waals surface area contributed by atoms with Crippen molar-refractivity contribution in [3.63, 3.8) is 0 Å². The average molecular weight is 323 g/mol. The molecule has 24 heavy (non-hydrogen) atoms. The maximum Gasteiger partial charge on any atom is 0.259 e. The van der Waals surface area contributed by atoms with E-state index in [0.717, 1.165) is 37.4 Å². The van der Waals surface area contributed by atoms with E-state index in [1.807, 2.05) is 24.3 Å². The number of piperidine rings is 1. The van der Waals surface area contributed by atoms with Crippen LogP contribution in [0.5, 0.6) is 0 Å². The van der Waals surface area contributed by atoms with Gasteiger partial charge in [-0.25, -0.2) is 4.98 Å². The summed E-state index contributed by atoms with van der Waals surface area (Å²) >= 11 is 0. The van der Waals surface area contributed by atoms with Gasteiger partial charge in [0.15, 0.2) is 0 Å². The van der Waals surface area contributed by atoms with E-state index in [9.17, 15) is 4.79 Å². The van der Waals surface area contributed by atoms with Gasteiger partial charge >= 0.3 is 0 Å². The number of carbonyl (C=O) groups excluding carboxylic acids is 1. The third-order valence-electron chi connectivity index (χ3n) is 4.52. The highest BCUT2D eigenvalue weighted by molar-refractivity contribution is 6.07.